The van der Waals surface area contributed by atoms with Gasteiger partial charge < -0.3 is 4.90 Å². The molecule has 0 amide bonds. The number of hydrogen-bond acceptors (Lipinski definition) is 3. The zero-order valence-corrected chi connectivity index (χ0v) is 10.3. The molecule has 17 heavy (non-hydrogen) atoms. The Balaban J connectivity index is 2.27. The van der Waals surface area contributed by atoms with Crippen molar-refractivity contribution in [3.8, 4) is 0 Å². The average Bonchev–Trinajstić information content (AvgIpc) is 2.28. The minimum absolute atomic E-state index is 0.0999. The lowest BCUT2D eigenvalue weighted by molar-refractivity contribution is 0.481. The molecular weight excluding hydrogens is 238 g/mol. The van der Waals surface area contributed by atoms with E-state index in [1.807, 2.05) is 6.07 Å². The quantitative estimate of drug-likeness (QED) is 0.773. The molecule has 92 valence electrons. The van der Waals surface area contributed by atoms with Crippen molar-refractivity contribution in [3.05, 3.63) is 23.3 Å². The fourth-order valence-corrected chi connectivity index (χ4v) is 3.74. The van der Waals surface area contributed by atoms with Gasteiger partial charge in [0.2, 0.25) is 0 Å². The smallest absolute Gasteiger partial charge is 0.294 e. The monoisotopic (exact) mass is 253 g/mol. The second kappa shape index (κ2) is 3.71. The van der Waals surface area contributed by atoms with Gasteiger partial charge in [-0.05, 0) is 42.9 Å². The number of benzene rings is 1. The number of nitrogens with zero attached hydrogens (tertiary/aromatic N) is 1. The number of anilines is 1. The first-order valence-corrected chi connectivity index (χ1v) is 7.38. The predicted octanol–water partition coefficient (Wildman–Crippen LogP) is 1.63. The molecule has 2 aliphatic heterocycles. The summed E-state index contributed by atoms with van der Waals surface area (Å²) in [6, 6.07) is 3.40. The minimum atomic E-state index is -4.10. The molecule has 0 saturated carbocycles. The second-order valence-electron chi connectivity index (χ2n) is 4.72. The van der Waals surface area contributed by atoms with E-state index in [1.165, 1.54) is 5.56 Å². The third kappa shape index (κ3) is 1.73. The molecule has 1 N–H and O–H groups in total. The van der Waals surface area contributed by atoms with Crippen LogP contribution in [0.1, 0.15) is 24.0 Å². The van der Waals surface area contributed by atoms with E-state index in [2.05, 4.69) is 4.90 Å². The first-order chi connectivity index (χ1) is 8.07. The Bertz CT molecular complexity index is 563. The van der Waals surface area contributed by atoms with Crippen molar-refractivity contribution in [2.24, 2.45) is 0 Å². The van der Waals surface area contributed by atoms with E-state index in [0.717, 1.165) is 50.0 Å². The summed E-state index contributed by atoms with van der Waals surface area (Å²) in [4.78, 5) is 2.36. The van der Waals surface area contributed by atoms with Crippen LogP contribution in [-0.2, 0) is 23.0 Å². The molecule has 0 atom stereocenters. The summed E-state index contributed by atoms with van der Waals surface area (Å²) < 4.78 is 32.0. The normalized spacial score (nSPS) is 19.0. The van der Waals surface area contributed by atoms with Crippen molar-refractivity contribution < 1.29 is 13.0 Å². The average molecular weight is 253 g/mol. The molecule has 2 heterocycles. The molecule has 4 nitrogen and oxygen atoms in total. The highest BCUT2D eigenvalue weighted by Crippen LogP contribution is 2.38. The summed E-state index contributed by atoms with van der Waals surface area (Å²) in [7, 11) is -4.10. The van der Waals surface area contributed by atoms with Crippen molar-refractivity contribution in [1.82, 2.24) is 0 Å². The van der Waals surface area contributed by atoms with Crippen LogP contribution in [0, 0.1) is 0 Å². The summed E-state index contributed by atoms with van der Waals surface area (Å²) in [5, 5.41) is 0. The van der Waals surface area contributed by atoms with Gasteiger partial charge in [-0.25, -0.2) is 0 Å². The van der Waals surface area contributed by atoms with Gasteiger partial charge in [0.05, 0.1) is 4.90 Å². The van der Waals surface area contributed by atoms with Crippen molar-refractivity contribution in [2.45, 2.75) is 30.6 Å². The Hall–Kier alpha value is -1.07. The first-order valence-electron chi connectivity index (χ1n) is 5.94. The van der Waals surface area contributed by atoms with E-state index in [9.17, 15) is 13.0 Å². The van der Waals surface area contributed by atoms with Gasteiger partial charge >= 0.3 is 0 Å². The maximum Gasteiger partial charge on any atom is 0.294 e. The van der Waals surface area contributed by atoms with Crippen molar-refractivity contribution in [3.63, 3.8) is 0 Å². The first kappa shape index (κ1) is 11.0. The molecule has 5 heteroatoms. The maximum absolute atomic E-state index is 11.4. The van der Waals surface area contributed by atoms with E-state index < -0.39 is 10.1 Å². The molecule has 0 unspecified atom stereocenters. The van der Waals surface area contributed by atoms with Crippen LogP contribution in [0.5, 0.6) is 0 Å². The Morgan fingerprint density at radius 2 is 1.82 bits per heavy atom. The van der Waals surface area contributed by atoms with E-state index in [0.29, 0.717) is 0 Å². The van der Waals surface area contributed by atoms with Gasteiger partial charge in [0, 0.05) is 18.8 Å². The molecular formula is C12H15NO3S. The molecule has 1 aromatic rings. The molecule has 2 aliphatic rings. The summed E-state index contributed by atoms with van der Waals surface area (Å²) in [6.45, 7) is 1.99. The largest absolute Gasteiger partial charge is 0.371 e. The highest BCUT2D eigenvalue weighted by atomic mass is 32.2. The highest BCUT2D eigenvalue weighted by Gasteiger charge is 2.28. The third-order valence-electron chi connectivity index (χ3n) is 3.65. The van der Waals surface area contributed by atoms with E-state index in [-0.39, 0.29) is 4.90 Å². The van der Waals surface area contributed by atoms with Gasteiger partial charge in [0.1, 0.15) is 0 Å². The highest BCUT2D eigenvalue weighted by molar-refractivity contribution is 7.85. The molecule has 0 saturated heterocycles. The van der Waals surface area contributed by atoms with E-state index in [4.69, 9.17) is 0 Å². The van der Waals surface area contributed by atoms with Gasteiger partial charge in [-0.3, -0.25) is 4.55 Å². The van der Waals surface area contributed by atoms with Gasteiger partial charge in [-0.15, -0.1) is 0 Å². The Labute approximate surface area is 101 Å². The number of rotatable bonds is 1. The molecule has 0 radical (unpaired) electrons. The predicted molar refractivity (Wildman–Crippen MR) is 65.1 cm³/mol. The summed E-state index contributed by atoms with van der Waals surface area (Å²) in [6.07, 6.45) is 3.83. The van der Waals surface area contributed by atoms with Crippen LogP contribution in [0.2, 0.25) is 0 Å². The molecule has 0 fully saturated rings. The molecule has 0 aliphatic carbocycles. The Kier molecular flexibility index (Phi) is 2.41. The Morgan fingerprint density at radius 1 is 1.12 bits per heavy atom. The summed E-state index contributed by atoms with van der Waals surface area (Å²) >= 11 is 0. The fourth-order valence-electron chi connectivity index (χ4n) is 2.99. The van der Waals surface area contributed by atoms with Crippen molar-refractivity contribution in [2.75, 3.05) is 18.0 Å². The van der Waals surface area contributed by atoms with Crippen LogP contribution in [0.4, 0.5) is 5.69 Å². The number of aryl methyl sites for hydroxylation is 1. The van der Waals surface area contributed by atoms with E-state index >= 15 is 0 Å². The number of hydrogen-bond donors (Lipinski definition) is 1. The molecule has 0 bridgehead atoms. The topological polar surface area (TPSA) is 57.6 Å². The zero-order valence-electron chi connectivity index (χ0n) is 9.52. The second-order valence-corrected chi connectivity index (χ2v) is 6.11. The standard InChI is InChI=1S/C12H15NO3S/c14-17(15,16)11-6-5-9-3-1-7-13-8-2-4-10(11)12(9)13/h5-6H,1-4,7-8H2,(H,14,15,16). The van der Waals surface area contributed by atoms with Crippen LogP contribution in [0.25, 0.3) is 0 Å². The third-order valence-corrected chi connectivity index (χ3v) is 4.58. The minimum Gasteiger partial charge on any atom is -0.371 e. The SMILES string of the molecule is O=S(=O)(O)c1ccc2c3c1CCCN3CCC2. The molecule has 0 aromatic heterocycles. The summed E-state index contributed by atoms with van der Waals surface area (Å²) in [5.74, 6) is 0. The van der Waals surface area contributed by atoms with Crippen LogP contribution in [-0.4, -0.2) is 26.1 Å². The van der Waals surface area contributed by atoms with Crippen LogP contribution >= 0.6 is 0 Å². The molecule has 3 rings (SSSR count). The van der Waals surface area contributed by atoms with Crippen LogP contribution in [0.3, 0.4) is 0 Å². The van der Waals surface area contributed by atoms with E-state index in [1.54, 1.807) is 6.07 Å². The lowest BCUT2D eigenvalue weighted by Gasteiger charge is -2.37. The van der Waals surface area contributed by atoms with Crippen LogP contribution < -0.4 is 4.90 Å². The molecule has 1 aromatic carbocycles. The van der Waals surface area contributed by atoms with Crippen LogP contribution in [0.15, 0.2) is 17.0 Å². The summed E-state index contributed by atoms with van der Waals surface area (Å²) in [5.41, 5.74) is 3.10. The maximum atomic E-state index is 11.4. The van der Waals surface area contributed by atoms with Gasteiger partial charge in [0.15, 0.2) is 0 Å². The molecule has 0 spiro atoms. The lowest BCUT2D eigenvalue weighted by atomic mass is 9.92. The zero-order chi connectivity index (χ0) is 12.0. The van der Waals surface area contributed by atoms with Gasteiger partial charge in [-0.1, -0.05) is 6.07 Å². The fraction of sp³-hybridized carbons (Fsp3) is 0.500. The van der Waals surface area contributed by atoms with Gasteiger partial charge in [0.25, 0.3) is 10.1 Å². The van der Waals surface area contributed by atoms with Gasteiger partial charge in [-0.2, -0.15) is 8.42 Å². The van der Waals surface area contributed by atoms with Crippen molar-refractivity contribution >= 4 is 15.8 Å². The lowest BCUT2D eigenvalue weighted by Crippen LogP contribution is -2.35. The van der Waals surface area contributed by atoms with Crippen molar-refractivity contribution in [1.29, 1.82) is 0 Å². The Morgan fingerprint density at radius 3 is 2.53 bits per heavy atom.